The van der Waals surface area contributed by atoms with E-state index in [0.29, 0.717) is 0 Å². The monoisotopic (exact) mass is 262 g/mol. The summed E-state index contributed by atoms with van der Waals surface area (Å²) in [5, 5.41) is 0. The number of carbonyl (C=O) groups is 1. The first-order chi connectivity index (χ1) is 8.43. The number of fused-ring (bicyclic) bond motifs is 1. The molecular weight excluding hydrogens is 253 g/mol. The van der Waals surface area contributed by atoms with Crippen LogP contribution in [-0.4, -0.2) is 32.3 Å². The highest BCUT2D eigenvalue weighted by Gasteiger charge is 2.40. The van der Waals surface area contributed by atoms with E-state index < -0.39 is 17.5 Å². The van der Waals surface area contributed by atoms with E-state index in [-0.39, 0.29) is 30.5 Å². The predicted octanol–water partition coefficient (Wildman–Crippen LogP) is 2.21. The highest BCUT2D eigenvalue weighted by atomic mass is 19.4. The van der Waals surface area contributed by atoms with Crippen LogP contribution in [0.2, 0.25) is 0 Å². The van der Waals surface area contributed by atoms with Crippen molar-refractivity contribution in [3.63, 3.8) is 0 Å². The van der Waals surface area contributed by atoms with Gasteiger partial charge in [-0.1, -0.05) is 0 Å². The lowest BCUT2D eigenvalue weighted by molar-refractivity contribution is -0.0885. The van der Waals surface area contributed by atoms with E-state index in [9.17, 15) is 18.0 Å². The van der Waals surface area contributed by atoms with Crippen LogP contribution in [0.25, 0.3) is 0 Å². The maximum absolute atomic E-state index is 12.3. The normalized spacial score (nSPS) is 14.2. The molecule has 1 heterocycles. The van der Waals surface area contributed by atoms with Gasteiger partial charge in [-0.15, -0.1) is 0 Å². The largest absolute Gasteiger partial charge is 0.493 e. The van der Waals surface area contributed by atoms with Gasteiger partial charge in [0.15, 0.2) is 11.5 Å². The summed E-state index contributed by atoms with van der Waals surface area (Å²) < 4.78 is 52.3. The molecule has 1 aromatic carbocycles. The molecule has 7 heteroatoms. The molecule has 0 spiro atoms. The summed E-state index contributed by atoms with van der Waals surface area (Å²) >= 11 is 0. The lowest BCUT2D eigenvalue weighted by Gasteiger charge is -2.21. The average Bonchev–Trinajstić information content (AvgIpc) is 2.35. The van der Waals surface area contributed by atoms with Crippen LogP contribution in [0.4, 0.5) is 13.2 Å². The molecule has 0 fully saturated rings. The molecule has 0 atom stereocenters. The van der Waals surface area contributed by atoms with E-state index in [1.807, 2.05) is 0 Å². The quantitative estimate of drug-likeness (QED) is 0.766. The summed E-state index contributed by atoms with van der Waals surface area (Å²) in [7, 11) is 1.27. The Morgan fingerprint density at radius 2 is 1.94 bits per heavy atom. The molecule has 0 bridgehead atoms. The second-order valence-electron chi connectivity index (χ2n) is 3.53. The average molecular weight is 262 g/mol. The Morgan fingerprint density at radius 3 is 2.56 bits per heavy atom. The summed E-state index contributed by atoms with van der Waals surface area (Å²) in [5.74, 6) is -1.62. The Hall–Kier alpha value is -1.92. The minimum absolute atomic E-state index is 0.0415. The molecule has 0 saturated carbocycles. The van der Waals surface area contributed by atoms with E-state index in [2.05, 4.69) is 0 Å². The highest BCUT2D eigenvalue weighted by Crippen LogP contribution is 2.41. The maximum Gasteiger partial charge on any atom is 0.454 e. The first-order valence-corrected chi connectivity index (χ1v) is 5.02. The molecule has 4 nitrogen and oxygen atoms in total. The number of benzene rings is 1. The van der Waals surface area contributed by atoms with Crippen molar-refractivity contribution >= 4 is 5.78 Å². The van der Waals surface area contributed by atoms with Crippen LogP contribution in [-0.2, 0) is 0 Å². The maximum atomic E-state index is 12.3. The molecule has 0 aliphatic carbocycles. The third-order valence-corrected chi connectivity index (χ3v) is 2.35. The number of hydrogen-bond acceptors (Lipinski definition) is 4. The molecule has 2 rings (SSSR count). The molecule has 0 unspecified atom stereocenters. The molecule has 0 radical (unpaired) electrons. The van der Waals surface area contributed by atoms with Gasteiger partial charge in [0.05, 0.1) is 7.11 Å². The summed E-state index contributed by atoms with van der Waals surface area (Å²) in [4.78, 5) is 11.1. The first kappa shape index (κ1) is 12.5. The fourth-order valence-electron chi connectivity index (χ4n) is 1.57. The van der Waals surface area contributed by atoms with Crippen molar-refractivity contribution in [1.29, 1.82) is 0 Å². The van der Waals surface area contributed by atoms with Gasteiger partial charge in [0.25, 0.3) is 5.78 Å². The molecular formula is C11H9F3O4. The van der Waals surface area contributed by atoms with Crippen LogP contribution in [0.5, 0.6) is 17.2 Å². The number of alkyl halides is 3. The van der Waals surface area contributed by atoms with Crippen LogP contribution >= 0.6 is 0 Å². The van der Waals surface area contributed by atoms with Gasteiger partial charge in [0, 0.05) is 5.56 Å². The summed E-state index contributed by atoms with van der Waals surface area (Å²) in [6.45, 7) is 0.482. The second kappa shape index (κ2) is 4.40. The molecule has 0 amide bonds. The number of halogens is 3. The molecule has 0 N–H and O–H groups in total. The van der Waals surface area contributed by atoms with Crippen molar-refractivity contribution in [2.75, 3.05) is 20.3 Å². The SMILES string of the molecule is COc1cc(C(=O)C(F)(F)F)cc2c1OCCO2. The third-order valence-electron chi connectivity index (χ3n) is 2.35. The number of methoxy groups -OCH3 is 1. The Kier molecular flexibility index (Phi) is 3.06. The van der Waals surface area contributed by atoms with Crippen molar-refractivity contribution in [2.45, 2.75) is 6.18 Å². The van der Waals surface area contributed by atoms with Gasteiger partial charge in [-0.05, 0) is 12.1 Å². The van der Waals surface area contributed by atoms with Crippen molar-refractivity contribution in [3.8, 4) is 17.2 Å². The molecule has 0 aromatic heterocycles. The number of rotatable bonds is 2. The van der Waals surface area contributed by atoms with Crippen LogP contribution in [0, 0.1) is 0 Å². The Morgan fingerprint density at radius 1 is 1.28 bits per heavy atom. The van der Waals surface area contributed by atoms with Gasteiger partial charge in [-0.3, -0.25) is 4.79 Å². The third kappa shape index (κ3) is 2.20. The summed E-state index contributed by atoms with van der Waals surface area (Å²) in [6.07, 6.45) is -4.94. The van der Waals surface area contributed by atoms with Gasteiger partial charge in [-0.2, -0.15) is 13.2 Å². The fraction of sp³-hybridized carbons (Fsp3) is 0.364. The van der Waals surface area contributed by atoms with Gasteiger partial charge in [-0.25, -0.2) is 0 Å². The van der Waals surface area contributed by atoms with Gasteiger partial charge >= 0.3 is 6.18 Å². The molecule has 18 heavy (non-hydrogen) atoms. The van der Waals surface area contributed by atoms with Gasteiger partial charge in [0.1, 0.15) is 13.2 Å². The van der Waals surface area contributed by atoms with E-state index in [1.54, 1.807) is 0 Å². The van der Waals surface area contributed by atoms with E-state index in [4.69, 9.17) is 14.2 Å². The van der Waals surface area contributed by atoms with Crippen LogP contribution in [0.15, 0.2) is 12.1 Å². The standard InChI is InChI=1S/C11H9F3O4/c1-16-7-4-6(10(15)11(12,13)14)5-8-9(7)18-3-2-17-8/h4-5H,2-3H2,1H3. The van der Waals surface area contributed by atoms with E-state index in [0.717, 1.165) is 12.1 Å². The number of Topliss-reactive ketones (excluding diaryl/α,β-unsaturated/α-hetero) is 1. The van der Waals surface area contributed by atoms with Crippen LogP contribution in [0.3, 0.4) is 0 Å². The zero-order valence-corrected chi connectivity index (χ0v) is 9.34. The first-order valence-electron chi connectivity index (χ1n) is 5.02. The summed E-state index contributed by atoms with van der Waals surface area (Å²) in [5.41, 5.74) is -0.538. The van der Waals surface area contributed by atoms with Crippen LogP contribution < -0.4 is 14.2 Å². The van der Waals surface area contributed by atoms with E-state index in [1.165, 1.54) is 7.11 Å². The molecule has 1 aliphatic heterocycles. The smallest absolute Gasteiger partial charge is 0.454 e. The summed E-state index contributed by atoms with van der Waals surface area (Å²) in [6, 6.07) is 2.00. The molecule has 98 valence electrons. The molecule has 0 saturated heterocycles. The van der Waals surface area contributed by atoms with Gasteiger partial charge < -0.3 is 14.2 Å². The number of ketones is 1. The van der Waals surface area contributed by atoms with Crippen molar-refractivity contribution < 1.29 is 32.2 Å². The number of hydrogen-bond donors (Lipinski definition) is 0. The number of ether oxygens (including phenoxy) is 3. The fourth-order valence-corrected chi connectivity index (χ4v) is 1.57. The van der Waals surface area contributed by atoms with Crippen LogP contribution in [0.1, 0.15) is 10.4 Å². The zero-order chi connectivity index (χ0) is 13.3. The van der Waals surface area contributed by atoms with Gasteiger partial charge in [0.2, 0.25) is 5.75 Å². The Labute approximate surface area is 100 Å². The second-order valence-corrected chi connectivity index (χ2v) is 3.53. The topological polar surface area (TPSA) is 44.8 Å². The van der Waals surface area contributed by atoms with E-state index >= 15 is 0 Å². The lowest BCUT2D eigenvalue weighted by Crippen LogP contribution is -2.23. The number of carbonyl (C=O) groups excluding carboxylic acids is 1. The molecule has 1 aliphatic rings. The predicted molar refractivity (Wildman–Crippen MR) is 54.4 cm³/mol. The minimum Gasteiger partial charge on any atom is -0.493 e. The zero-order valence-electron chi connectivity index (χ0n) is 9.34. The Bertz CT molecular complexity index is 465. The lowest BCUT2D eigenvalue weighted by atomic mass is 10.1. The molecule has 1 aromatic rings. The Balaban J connectivity index is 2.48. The van der Waals surface area contributed by atoms with Crippen molar-refractivity contribution in [1.82, 2.24) is 0 Å². The van der Waals surface area contributed by atoms with Crippen molar-refractivity contribution in [2.24, 2.45) is 0 Å². The highest BCUT2D eigenvalue weighted by molar-refractivity contribution is 6.01. The minimum atomic E-state index is -4.94. The van der Waals surface area contributed by atoms with Crippen molar-refractivity contribution in [3.05, 3.63) is 17.7 Å².